The molecule has 0 saturated carbocycles. The molecule has 2 aromatic rings. The molecule has 1 atom stereocenters. The molecule has 3 heterocycles. The Morgan fingerprint density at radius 1 is 1.57 bits per heavy atom. The molecule has 0 aliphatic carbocycles. The lowest BCUT2D eigenvalue weighted by Gasteiger charge is -2.10. The Morgan fingerprint density at radius 2 is 2.43 bits per heavy atom. The molecule has 112 valence electrons. The maximum atomic E-state index is 11.3. The van der Waals surface area contributed by atoms with Crippen LogP contribution in [0.1, 0.15) is 29.8 Å². The summed E-state index contributed by atoms with van der Waals surface area (Å²) >= 11 is 0. The molecule has 2 aromatic heterocycles. The van der Waals surface area contributed by atoms with Crippen LogP contribution in [0.25, 0.3) is 11.3 Å². The Bertz CT molecular complexity index is 642. The molecule has 0 spiro atoms. The van der Waals surface area contributed by atoms with Gasteiger partial charge in [0.25, 0.3) is 0 Å². The molecule has 3 rings (SSSR count). The maximum absolute atomic E-state index is 11.3. The van der Waals surface area contributed by atoms with E-state index in [1.807, 2.05) is 0 Å². The molecular formula is C13H17N5O3. The second kappa shape index (κ2) is 5.65. The molecule has 8 heteroatoms. The summed E-state index contributed by atoms with van der Waals surface area (Å²) in [5.74, 6) is -1.09. The van der Waals surface area contributed by atoms with Gasteiger partial charge >= 0.3 is 5.97 Å². The van der Waals surface area contributed by atoms with Crippen molar-refractivity contribution < 1.29 is 14.6 Å². The highest BCUT2D eigenvalue weighted by Gasteiger charge is 2.23. The predicted octanol–water partition coefficient (Wildman–Crippen LogP) is 0.946. The van der Waals surface area contributed by atoms with Crippen molar-refractivity contribution in [1.82, 2.24) is 24.8 Å². The molecule has 1 aliphatic rings. The molecule has 1 aliphatic heterocycles. The third kappa shape index (κ3) is 2.80. The van der Waals surface area contributed by atoms with Gasteiger partial charge in [-0.05, 0) is 19.3 Å². The first-order chi connectivity index (χ1) is 10.1. The van der Waals surface area contributed by atoms with E-state index in [0.29, 0.717) is 17.8 Å². The van der Waals surface area contributed by atoms with Crippen LogP contribution in [0.15, 0.2) is 12.4 Å². The van der Waals surface area contributed by atoms with Crippen molar-refractivity contribution in [1.29, 1.82) is 0 Å². The lowest BCUT2D eigenvalue weighted by atomic mass is 10.1. The van der Waals surface area contributed by atoms with Crippen molar-refractivity contribution in [3.63, 3.8) is 0 Å². The molecule has 1 unspecified atom stereocenters. The Balaban J connectivity index is 1.87. The van der Waals surface area contributed by atoms with E-state index in [2.05, 4.69) is 15.4 Å². The number of carbonyl (C=O) groups is 1. The highest BCUT2D eigenvalue weighted by atomic mass is 16.5. The molecule has 8 nitrogen and oxygen atoms in total. The largest absolute Gasteiger partial charge is 0.476 e. The first kappa shape index (κ1) is 13.7. The van der Waals surface area contributed by atoms with Gasteiger partial charge in [-0.2, -0.15) is 5.10 Å². The number of aromatic nitrogens is 5. The van der Waals surface area contributed by atoms with E-state index in [0.717, 1.165) is 25.9 Å². The van der Waals surface area contributed by atoms with E-state index in [-0.39, 0.29) is 11.8 Å². The summed E-state index contributed by atoms with van der Waals surface area (Å²) < 4.78 is 8.83. The summed E-state index contributed by atoms with van der Waals surface area (Å²) in [6.07, 6.45) is 6.53. The maximum Gasteiger partial charge on any atom is 0.358 e. The molecule has 1 N–H and O–H groups in total. The van der Waals surface area contributed by atoms with Gasteiger partial charge in [0.2, 0.25) is 0 Å². The summed E-state index contributed by atoms with van der Waals surface area (Å²) in [6.45, 7) is 1.38. The first-order valence-electron chi connectivity index (χ1n) is 6.92. The highest BCUT2D eigenvalue weighted by molar-refractivity contribution is 5.92. The summed E-state index contributed by atoms with van der Waals surface area (Å²) in [5.41, 5.74) is 1.15. The summed E-state index contributed by atoms with van der Waals surface area (Å²) in [4.78, 5) is 11.3. The number of hydrogen-bond donors (Lipinski definition) is 1. The molecular weight excluding hydrogens is 274 g/mol. The van der Waals surface area contributed by atoms with Gasteiger partial charge < -0.3 is 9.84 Å². The van der Waals surface area contributed by atoms with E-state index in [4.69, 9.17) is 4.74 Å². The van der Waals surface area contributed by atoms with Gasteiger partial charge in [0, 0.05) is 32.0 Å². The zero-order chi connectivity index (χ0) is 14.8. The molecule has 0 bridgehead atoms. The Kier molecular flexibility index (Phi) is 3.70. The molecule has 1 saturated heterocycles. The van der Waals surface area contributed by atoms with Gasteiger partial charge in [0.15, 0.2) is 5.69 Å². The van der Waals surface area contributed by atoms with E-state index in [9.17, 15) is 9.90 Å². The number of carboxylic acid groups (broad SMARTS) is 1. The third-order valence-corrected chi connectivity index (χ3v) is 3.60. The number of hydrogen-bond acceptors (Lipinski definition) is 5. The normalized spacial score (nSPS) is 18.2. The van der Waals surface area contributed by atoms with Crippen molar-refractivity contribution in [3.8, 4) is 11.3 Å². The fourth-order valence-electron chi connectivity index (χ4n) is 2.58. The molecule has 0 amide bonds. The summed E-state index contributed by atoms with van der Waals surface area (Å²) in [7, 11) is 1.78. The van der Waals surface area contributed by atoms with Crippen LogP contribution in [0, 0.1) is 0 Å². The minimum Gasteiger partial charge on any atom is -0.476 e. The molecule has 0 aromatic carbocycles. The topological polar surface area (TPSA) is 95.1 Å². The lowest BCUT2D eigenvalue weighted by Crippen LogP contribution is -2.12. The number of ether oxygens (including phenoxy) is 1. The average molecular weight is 291 g/mol. The number of aryl methyl sites for hydroxylation is 2. The van der Waals surface area contributed by atoms with Gasteiger partial charge in [-0.1, -0.05) is 5.21 Å². The van der Waals surface area contributed by atoms with E-state index in [1.165, 1.54) is 0 Å². The number of aromatic carboxylic acids is 1. The number of nitrogens with zero attached hydrogens (tertiary/aromatic N) is 5. The van der Waals surface area contributed by atoms with Crippen molar-refractivity contribution in [2.75, 3.05) is 6.61 Å². The average Bonchev–Trinajstić information content (AvgIpc) is 3.15. The fourth-order valence-corrected chi connectivity index (χ4v) is 2.58. The van der Waals surface area contributed by atoms with E-state index < -0.39 is 5.97 Å². The van der Waals surface area contributed by atoms with Gasteiger partial charge in [0.05, 0.1) is 12.3 Å². The fraction of sp³-hybridized carbons (Fsp3) is 0.538. The van der Waals surface area contributed by atoms with Crippen molar-refractivity contribution >= 4 is 5.97 Å². The zero-order valence-corrected chi connectivity index (χ0v) is 11.8. The minimum absolute atomic E-state index is 0.0460. The molecule has 0 radical (unpaired) electrons. The Hall–Kier alpha value is -2.22. The van der Waals surface area contributed by atoms with Crippen LogP contribution in [-0.2, 0) is 18.3 Å². The minimum atomic E-state index is -1.09. The monoisotopic (exact) mass is 291 g/mol. The second-order valence-electron chi connectivity index (χ2n) is 5.14. The van der Waals surface area contributed by atoms with Crippen LogP contribution in [0.5, 0.6) is 0 Å². The number of rotatable bonds is 5. The second-order valence-corrected chi connectivity index (χ2v) is 5.14. The van der Waals surface area contributed by atoms with Crippen LogP contribution in [0.3, 0.4) is 0 Å². The lowest BCUT2D eigenvalue weighted by molar-refractivity contribution is 0.0691. The standard InChI is InChI=1S/C13H17N5O3/c1-17-8-9(7-14-17)12-11(13(19)20)15-16-18(12)5-4-10-3-2-6-21-10/h7-8,10H,2-6H2,1H3,(H,19,20). The highest BCUT2D eigenvalue weighted by Crippen LogP contribution is 2.23. The van der Waals surface area contributed by atoms with E-state index in [1.54, 1.807) is 28.8 Å². The van der Waals surface area contributed by atoms with Crippen molar-refractivity contribution in [3.05, 3.63) is 18.1 Å². The van der Waals surface area contributed by atoms with E-state index >= 15 is 0 Å². The zero-order valence-electron chi connectivity index (χ0n) is 11.8. The van der Waals surface area contributed by atoms with Crippen LogP contribution < -0.4 is 0 Å². The van der Waals surface area contributed by atoms with Crippen LogP contribution >= 0.6 is 0 Å². The Labute approximate surface area is 121 Å². The molecule has 21 heavy (non-hydrogen) atoms. The molecule has 1 fully saturated rings. The van der Waals surface area contributed by atoms with Crippen LogP contribution in [0.4, 0.5) is 0 Å². The predicted molar refractivity (Wildman–Crippen MR) is 72.8 cm³/mol. The summed E-state index contributed by atoms with van der Waals surface area (Å²) in [6, 6.07) is 0. The third-order valence-electron chi connectivity index (χ3n) is 3.60. The number of carboxylic acids is 1. The van der Waals surface area contributed by atoms with Gasteiger partial charge in [-0.25, -0.2) is 9.48 Å². The van der Waals surface area contributed by atoms with Crippen LogP contribution in [0.2, 0.25) is 0 Å². The van der Waals surface area contributed by atoms with Gasteiger partial charge in [0.1, 0.15) is 5.69 Å². The smallest absolute Gasteiger partial charge is 0.358 e. The SMILES string of the molecule is Cn1cc(-c2c(C(=O)O)nnn2CCC2CCCO2)cn1. The van der Waals surface area contributed by atoms with Crippen molar-refractivity contribution in [2.45, 2.75) is 31.9 Å². The quantitative estimate of drug-likeness (QED) is 0.881. The van der Waals surface area contributed by atoms with Gasteiger partial charge in [-0.15, -0.1) is 5.10 Å². The Morgan fingerprint density at radius 3 is 3.05 bits per heavy atom. The first-order valence-corrected chi connectivity index (χ1v) is 6.92. The van der Waals surface area contributed by atoms with Crippen molar-refractivity contribution in [2.24, 2.45) is 7.05 Å². The van der Waals surface area contributed by atoms with Crippen LogP contribution in [-0.4, -0.2) is 48.6 Å². The summed E-state index contributed by atoms with van der Waals surface area (Å²) in [5, 5.41) is 21.1. The van der Waals surface area contributed by atoms with Gasteiger partial charge in [-0.3, -0.25) is 4.68 Å².